The molecule has 108 valence electrons. The van der Waals surface area contributed by atoms with Gasteiger partial charge in [-0.3, -0.25) is 0 Å². The molecule has 20 heavy (non-hydrogen) atoms. The number of urea groups is 1. The van der Waals surface area contributed by atoms with Crippen molar-refractivity contribution in [3.05, 3.63) is 23.9 Å². The van der Waals surface area contributed by atoms with Crippen molar-refractivity contribution in [3.8, 4) is 0 Å². The summed E-state index contributed by atoms with van der Waals surface area (Å²) in [6, 6.07) is 3.98. The Labute approximate surface area is 118 Å². The van der Waals surface area contributed by atoms with Crippen LogP contribution in [0.25, 0.3) is 0 Å². The van der Waals surface area contributed by atoms with Gasteiger partial charge in [0.05, 0.1) is 18.7 Å². The largest absolute Gasteiger partial charge is 0.391 e. The highest BCUT2D eigenvalue weighted by Crippen LogP contribution is 2.31. The van der Waals surface area contributed by atoms with Gasteiger partial charge in [-0.25, -0.2) is 9.78 Å². The molecule has 2 aliphatic rings. The number of pyridine rings is 1. The van der Waals surface area contributed by atoms with Crippen molar-refractivity contribution >= 4 is 11.8 Å². The third kappa shape index (κ3) is 2.31. The van der Waals surface area contributed by atoms with Crippen molar-refractivity contribution in [1.82, 2.24) is 15.2 Å². The van der Waals surface area contributed by atoms with Gasteiger partial charge in [-0.05, 0) is 19.4 Å². The van der Waals surface area contributed by atoms with E-state index >= 15 is 0 Å². The molecule has 3 rings (SSSR count). The molecule has 0 bridgehead atoms. The fourth-order valence-corrected chi connectivity index (χ4v) is 3.08. The highest BCUT2D eigenvalue weighted by atomic mass is 16.3. The summed E-state index contributed by atoms with van der Waals surface area (Å²) in [6.07, 6.45) is 2.11. The fourth-order valence-electron chi connectivity index (χ4n) is 3.08. The average molecular weight is 276 g/mol. The second kappa shape index (κ2) is 5.28. The summed E-state index contributed by atoms with van der Waals surface area (Å²) in [6.45, 7) is 4.32. The van der Waals surface area contributed by atoms with Crippen molar-refractivity contribution in [2.45, 2.75) is 32.0 Å². The third-order valence-corrected chi connectivity index (χ3v) is 3.94. The Hall–Kier alpha value is -1.82. The van der Waals surface area contributed by atoms with Crippen LogP contribution in [0.3, 0.4) is 0 Å². The monoisotopic (exact) mass is 276 g/mol. The summed E-state index contributed by atoms with van der Waals surface area (Å²) in [5.41, 5.74) is 1.04. The van der Waals surface area contributed by atoms with Gasteiger partial charge in [0.1, 0.15) is 5.82 Å². The van der Waals surface area contributed by atoms with Crippen LogP contribution in [-0.4, -0.2) is 52.8 Å². The van der Waals surface area contributed by atoms with Gasteiger partial charge in [0.2, 0.25) is 0 Å². The summed E-state index contributed by atoms with van der Waals surface area (Å²) >= 11 is 0. The zero-order valence-electron chi connectivity index (χ0n) is 11.6. The third-order valence-electron chi connectivity index (χ3n) is 3.94. The number of rotatable bonds is 1. The van der Waals surface area contributed by atoms with E-state index in [-0.39, 0.29) is 18.2 Å². The van der Waals surface area contributed by atoms with Gasteiger partial charge in [-0.15, -0.1) is 0 Å². The summed E-state index contributed by atoms with van der Waals surface area (Å²) in [5, 5.41) is 12.8. The first-order valence-electron chi connectivity index (χ1n) is 7.10. The number of nitrogens with one attached hydrogen (secondary N) is 1. The van der Waals surface area contributed by atoms with E-state index in [1.54, 1.807) is 6.20 Å². The van der Waals surface area contributed by atoms with Gasteiger partial charge in [-0.2, -0.15) is 0 Å². The lowest BCUT2D eigenvalue weighted by Gasteiger charge is -2.26. The van der Waals surface area contributed by atoms with E-state index in [0.29, 0.717) is 32.6 Å². The van der Waals surface area contributed by atoms with Gasteiger partial charge in [0.15, 0.2) is 0 Å². The minimum Gasteiger partial charge on any atom is -0.391 e. The van der Waals surface area contributed by atoms with Crippen LogP contribution in [0.4, 0.5) is 10.6 Å². The van der Waals surface area contributed by atoms with Crippen LogP contribution >= 0.6 is 0 Å². The maximum atomic E-state index is 12.1. The molecule has 1 aromatic rings. The highest BCUT2D eigenvalue weighted by Gasteiger charge is 2.37. The van der Waals surface area contributed by atoms with Crippen LogP contribution in [0.1, 0.15) is 18.9 Å². The Morgan fingerprint density at radius 3 is 3.20 bits per heavy atom. The Balaban J connectivity index is 1.92. The number of fused-ring (bicyclic) bond motifs is 3. The molecule has 0 saturated carbocycles. The second-order valence-corrected chi connectivity index (χ2v) is 5.40. The Kier molecular flexibility index (Phi) is 3.48. The zero-order valence-corrected chi connectivity index (χ0v) is 11.6. The van der Waals surface area contributed by atoms with Gasteiger partial charge >= 0.3 is 6.03 Å². The molecular weight excluding hydrogens is 256 g/mol. The number of carbonyl (C=O) groups is 1. The van der Waals surface area contributed by atoms with Gasteiger partial charge < -0.3 is 20.2 Å². The molecule has 2 aliphatic heterocycles. The Morgan fingerprint density at radius 1 is 1.55 bits per heavy atom. The van der Waals surface area contributed by atoms with E-state index in [1.165, 1.54) is 0 Å². The molecule has 0 spiro atoms. The number of anilines is 1. The maximum absolute atomic E-state index is 12.1. The van der Waals surface area contributed by atoms with Crippen LogP contribution in [-0.2, 0) is 6.54 Å². The smallest absolute Gasteiger partial charge is 0.317 e. The molecular formula is C14H20N4O2. The number of aromatic nitrogens is 1. The highest BCUT2D eigenvalue weighted by molar-refractivity contribution is 5.75. The lowest BCUT2D eigenvalue weighted by atomic mass is 10.2. The molecule has 0 radical (unpaired) electrons. The minimum atomic E-state index is -0.343. The normalized spacial score (nSPS) is 24.9. The number of hydrogen-bond donors (Lipinski definition) is 2. The van der Waals surface area contributed by atoms with Crippen LogP contribution < -0.4 is 10.2 Å². The number of aliphatic hydroxyl groups is 1. The summed E-state index contributed by atoms with van der Waals surface area (Å²) < 4.78 is 0. The number of nitrogens with zero attached hydrogens (tertiary/aromatic N) is 3. The second-order valence-electron chi connectivity index (χ2n) is 5.40. The lowest BCUT2D eigenvalue weighted by Crippen LogP contribution is -2.44. The number of hydrogen-bond acceptors (Lipinski definition) is 4. The number of carbonyl (C=O) groups excluding carboxylic acids is 1. The Bertz CT molecular complexity index is 508. The molecule has 1 aromatic heterocycles. The molecule has 2 N–H and O–H groups in total. The van der Waals surface area contributed by atoms with Gasteiger partial charge in [0, 0.05) is 31.4 Å². The van der Waals surface area contributed by atoms with Crippen LogP contribution in [0, 0.1) is 0 Å². The molecule has 6 heteroatoms. The van der Waals surface area contributed by atoms with E-state index < -0.39 is 0 Å². The first-order valence-corrected chi connectivity index (χ1v) is 7.10. The lowest BCUT2D eigenvalue weighted by molar-refractivity contribution is 0.179. The Morgan fingerprint density at radius 2 is 2.40 bits per heavy atom. The van der Waals surface area contributed by atoms with E-state index in [1.807, 2.05) is 24.0 Å². The van der Waals surface area contributed by atoms with E-state index in [2.05, 4.69) is 15.2 Å². The summed E-state index contributed by atoms with van der Waals surface area (Å²) in [4.78, 5) is 20.5. The SMILES string of the molecule is CCNC(=O)N1Cc2cccnc2N2C[C@H](O)C[C@@H]2C1. The standard InChI is InChI=1S/C14H20N4O2/c1-2-15-14(20)17-7-10-4-3-5-16-13(10)18-9-12(19)6-11(18)8-17/h3-5,11-12,19H,2,6-9H2,1H3,(H,15,20)/t11-,12-/m1/s1. The van der Waals surface area contributed by atoms with Crippen molar-refractivity contribution in [1.29, 1.82) is 0 Å². The maximum Gasteiger partial charge on any atom is 0.317 e. The number of aliphatic hydroxyl groups excluding tert-OH is 1. The van der Waals surface area contributed by atoms with Crippen LogP contribution in [0.2, 0.25) is 0 Å². The predicted octanol–water partition coefficient (Wildman–Crippen LogP) is 0.566. The molecule has 3 heterocycles. The number of amides is 2. The summed E-state index contributed by atoms with van der Waals surface area (Å²) in [7, 11) is 0. The van der Waals surface area contributed by atoms with E-state index in [4.69, 9.17) is 0 Å². The van der Waals surface area contributed by atoms with E-state index in [0.717, 1.165) is 11.4 Å². The van der Waals surface area contributed by atoms with Gasteiger partial charge in [-0.1, -0.05) is 6.07 Å². The summed E-state index contributed by atoms with van der Waals surface area (Å²) in [5.74, 6) is 0.904. The molecule has 6 nitrogen and oxygen atoms in total. The molecule has 0 aliphatic carbocycles. The van der Waals surface area contributed by atoms with Crippen molar-refractivity contribution in [2.24, 2.45) is 0 Å². The van der Waals surface area contributed by atoms with Crippen molar-refractivity contribution in [2.75, 3.05) is 24.5 Å². The molecule has 1 fully saturated rings. The molecule has 0 unspecified atom stereocenters. The van der Waals surface area contributed by atoms with Crippen molar-refractivity contribution < 1.29 is 9.90 Å². The zero-order chi connectivity index (χ0) is 14.1. The van der Waals surface area contributed by atoms with Crippen molar-refractivity contribution in [3.63, 3.8) is 0 Å². The molecule has 0 aromatic carbocycles. The minimum absolute atomic E-state index is 0.0504. The average Bonchev–Trinajstić information content (AvgIpc) is 2.72. The predicted molar refractivity (Wildman–Crippen MR) is 75.5 cm³/mol. The van der Waals surface area contributed by atoms with Gasteiger partial charge in [0.25, 0.3) is 0 Å². The first kappa shape index (κ1) is 13.2. The molecule has 2 atom stereocenters. The first-order chi connectivity index (χ1) is 9.69. The topological polar surface area (TPSA) is 68.7 Å². The fraction of sp³-hybridized carbons (Fsp3) is 0.571. The van der Waals surface area contributed by atoms with E-state index in [9.17, 15) is 9.90 Å². The molecule has 2 amide bonds. The van der Waals surface area contributed by atoms with Crippen LogP contribution in [0.15, 0.2) is 18.3 Å². The van der Waals surface area contributed by atoms with Crippen LogP contribution in [0.5, 0.6) is 0 Å². The quantitative estimate of drug-likeness (QED) is 0.786. The molecule has 1 saturated heterocycles.